The van der Waals surface area contributed by atoms with Gasteiger partial charge in [0.2, 0.25) is 5.91 Å². The molecule has 1 saturated heterocycles. The number of piperazine rings is 1. The first-order valence-corrected chi connectivity index (χ1v) is 9.49. The minimum Gasteiger partial charge on any atom is -0.493 e. The fourth-order valence-electron chi connectivity index (χ4n) is 3.78. The van der Waals surface area contributed by atoms with Crippen LogP contribution in [-0.4, -0.2) is 54.4 Å². The highest BCUT2D eigenvalue weighted by Crippen LogP contribution is 2.26. The van der Waals surface area contributed by atoms with Crippen LogP contribution in [0.15, 0.2) is 42.5 Å². The Hall–Kier alpha value is -2.82. The first-order chi connectivity index (χ1) is 13.1. The third-order valence-corrected chi connectivity index (χ3v) is 5.40. The third kappa shape index (κ3) is 3.68. The fraction of sp³-hybridized carbons (Fsp3) is 0.364. The molecule has 0 aromatic heterocycles. The van der Waals surface area contributed by atoms with Gasteiger partial charge < -0.3 is 14.5 Å². The molecule has 0 unspecified atom stereocenters. The van der Waals surface area contributed by atoms with Crippen LogP contribution in [0.3, 0.4) is 0 Å². The highest BCUT2D eigenvalue weighted by molar-refractivity contribution is 5.95. The minimum absolute atomic E-state index is 0.0545. The average Bonchev–Trinajstić information content (AvgIpc) is 3.16. The molecule has 1 fully saturated rings. The highest BCUT2D eigenvalue weighted by atomic mass is 16.5. The van der Waals surface area contributed by atoms with Crippen LogP contribution in [0.25, 0.3) is 0 Å². The molecule has 0 atom stereocenters. The lowest BCUT2D eigenvalue weighted by atomic mass is 10.1. The molecule has 0 bridgehead atoms. The maximum atomic E-state index is 12.7. The van der Waals surface area contributed by atoms with E-state index < -0.39 is 0 Å². The standard InChI is InChI=1S/C22H24N2O3/c1-16-4-2-3-5-19(16)22(26)24-11-9-23(10-12-24)21(25)15-17-6-7-20-18(14-17)8-13-27-20/h2-7,14H,8-13,15H2,1H3. The molecule has 140 valence electrons. The minimum atomic E-state index is 0.0545. The van der Waals surface area contributed by atoms with Crippen molar-refractivity contribution in [3.8, 4) is 5.75 Å². The van der Waals surface area contributed by atoms with Gasteiger partial charge in [-0.1, -0.05) is 30.3 Å². The van der Waals surface area contributed by atoms with Gasteiger partial charge in [0.25, 0.3) is 5.91 Å². The van der Waals surface area contributed by atoms with Crippen LogP contribution in [0.4, 0.5) is 0 Å². The van der Waals surface area contributed by atoms with Crippen molar-refractivity contribution in [3.63, 3.8) is 0 Å². The Kier molecular flexibility index (Phi) is 4.84. The highest BCUT2D eigenvalue weighted by Gasteiger charge is 2.25. The van der Waals surface area contributed by atoms with Gasteiger partial charge >= 0.3 is 0 Å². The zero-order valence-electron chi connectivity index (χ0n) is 15.6. The Balaban J connectivity index is 1.34. The van der Waals surface area contributed by atoms with Gasteiger partial charge in [0.1, 0.15) is 5.75 Å². The molecule has 2 aromatic carbocycles. The van der Waals surface area contributed by atoms with E-state index in [2.05, 4.69) is 6.07 Å². The number of benzene rings is 2. The van der Waals surface area contributed by atoms with E-state index >= 15 is 0 Å². The van der Waals surface area contributed by atoms with E-state index in [9.17, 15) is 9.59 Å². The summed E-state index contributed by atoms with van der Waals surface area (Å²) in [5.41, 5.74) is 3.95. The summed E-state index contributed by atoms with van der Waals surface area (Å²) < 4.78 is 5.52. The normalized spacial score (nSPS) is 16.0. The molecule has 4 rings (SSSR count). The Morgan fingerprint density at radius 1 is 1.00 bits per heavy atom. The number of carbonyl (C=O) groups excluding carboxylic acids is 2. The van der Waals surface area contributed by atoms with Crippen LogP contribution in [-0.2, 0) is 17.6 Å². The van der Waals surface area contributed by atoms with Gasteiger partial charge in [0.05, 0.1) is 13.0 Å². The van der Waals surface area contributed by atoms with Crippen molar-refractivity contribution < 1.29 is 14.3 Å². The topological polar surface area (TPSA) is 49.9 Å². The van der Waals surface area contributed by atoms with Crippen LogP contribution in [0, 0.1) is 6.92 Å². The Bertz CT molecular complexity index is 870. The number of fused-ring (bicyclic) bond motifs is 1. The van der Waals surface area contributed by atoms with Crippen molar-refractivity contribution in [2.45, 2.75) is 19.8 Å². The van der Waals surface area contributed by atoms with Crippen LogP contribution < -0.4 is 4.74 Å². The fourth-order valence-corrected chi connectivity index (χ4v) is 3.78. The molecule has 0 radical (unpaired) electrons. The van der Waals surface area contributed by atoms with Crippen molar-refractivity contribution >= 4 is 11.8 Å². The molecule has 2 heterocycles. The summed E-state index contributed by atoms with van der Waals surface area (Å²) in [6.45, 7) is 5.02. The SMILES string of the molecule is Cc1ccccc1C(=O)N1CCN(C(=O)Cc2ccc3c(c2)CCO3)CC1. The van der Waals surface area contributed by atoms with Crippen LogP contribution in [0.1, 0.15) is 27.0 Å². The molecule has 5 nitrogen and oxygen atoms in total. The second-order valence-corrected chi connectivity index (χ2v) is 7.21. The van der Waals surface area contributed by atoms with Crippen molar-refractivity contribution in [1.82, 2.24) is 9.80 Å². The smallest absolute Gasteiger partial charge is 0.254 e. The van der Waals surface area contributed by atoms with E-state index in [1.165, 1.54) is 5.56 Å². The lowest BCUT2D eigenvalue weighted by Gasteiger charge is -2.35. The van der Waals surface area contributed by atoms with Crippen LogP contribution >= 0.6 is 0 Å². The molecular weight excluding hydrogens is 340 g/mol. The van der Waals surface area contributed by atoms with Gasteiger partial charge in [0.15, 0.2) is 0 Å². The Labute approximate surface area is 159 Å². The predicted molar refractivity (Wildman–Crippen MR) is 103 cm³/mol. The van der Waals surface area contributed by atoms with Crippen molar-refractivity contribution in [1.29, 1.82) is 0 Å². The number of ether oxygens (including phenoxy) is 1. The first-order valence-electron chi connectivity index (χ1n) is 9.49. The second-order valence-electron chi connectivity index (χ2n) is 7.21. The Morgan fingerprint density at radius 3 is 2.52 bits per heavy atom. The number of hydrogen-bond acceptors (Lipinski definition) is 3. The van der Waals surface area contributed by atoms with Crippen molar-refractivity contribution in [2.75, 3.05) is 32.8 Å². The largest absolute Gasteiger partial charge is 0.493 e. The van der Waals surface area contributed by atoms with Gasteiger partial charge in [0, 0.05) is 38.2 Å². The summed E-state index contributed by atoms with van der Waals surface area (Å²) in [7, 11) is 0. The van der Waals surface area contributed by atoms with Gasteiger partial charge in [-0.2, -0.15) is 0 Å². The first kappa shape index (κ1) is 17.6. The summed E-state index contributed by atoms with van der Waals surface area (Å²) in [5, 5.41) is 0. The van der Waals surface area contributed by atoms with Gasteiger partial charge in [-0.05, 0) is 35.7 Å². The molecule has 2 amide bonds. The monoisotopic (exact) mass is 364 g/mol. The molecule has 27 heavy (non-hydrogen) atoms. The number of carbonyl (C=O) groups is 2. The van der Waals surface area contributed by atoms with Gasteiger partial charge in [-0.3, -0.25) is 9.59 Å². The molecule has 2 aliphatic rings. The number of rotatable bonds is 3. The lowest BCUT2D eigenvalue weighted by Crippen LogP contribution is -2.51. The summed E-state index contributed by atoms with van der Waals surface area (Å²) >= 11 is 0. The predicted octanol–water partition coefficient (Wildman–Crippen LogP) is 2.46. The molecular formula is C22H24N2O3. The summed E-state index contributed by atoms with van der Waals surface area (Å²) in [6, 6.07) is 13.7. The Morgan fingerprint density at radius 2 is 1.74 bits per heavy atom. The zero-order chi connectivity index (χ0) is 18.8. The lowest BCUT2D eigenvalue weighted by molar-refractivity contribution is -0.131. The average molecular weight is 364 g/mol. The van der Waals surface area contributed by atoms with E-state index in [-0.39, 0.29) is 11.8 Å². The zero-order valence-corrected chi connectivity index (χ0v) is 15.6. The summed E-state index contributed by atoms with van der Waals surface area (Å²) in [4.78, 5) is 29.1. The van der Waals surface area contributed by atoms with E-state index in [0.29, 0.717) is 32.6 Å². The van der Waals surface area contributed by atoms with E-state index in [4.69, 9.17) is 4.74 Å². The van der Waals surface area contributed by atoms with Gasteiger partial charge in [-0.25, -0.2) is 0 Å². The van der Waals surface area contributed by atoms with Crippen LogP contribution in [0.5, 0.6) is 5.75 Å². The molecule has 2 aromatic rings. The quantitative estimate of drug-likeness (QED) is 0.841. The van der Waals surface area contributed by atoms with Crippen molar-refractivity contribution in [3.05, 3.63) is 64.7 Å². The molecule has 0 saturated carbocycles. The summed E-state index contributed by atoms with van der Waals surface area (Å²) in [5.74, 6) is 1.12. The van der Waals surface area contributed by atoms with Gasteiger partial charge in [-0.15, -0.1) is 0 Å². The maximum Gasteiger partial charge on any atom is 0.254 e. The van der Waals surface area contributed by atoms with Crippen molar-refractivity contribution in [2.24, 2.45) is 0 Å². The van der Waals surface area contributed by atoms with Crippen LogP contribution in [0.2, 0.25) is 0 Å². The molecule has 0 N–H and O–H groups in total. The maximum absolute atomic E-state index is 12.7. The number of amides is 2. The molecule has 2 aliphatic heterocycles. The number of aryl methyl sites for hydroxylation is 1. The molecule has 0 spiro atoms. The van der Waals surface area contributed by atoms with E-state index in [0.717, 1.165) is 35.5 Å². The van der Waals surface area contributed by atoms with E-state index in [1.807, 2.05) is 53.1 Å². The van der Waals surface area contributed by atoms with E-state index in [1.54, 1.807) is 0 Å². The number of hydrogen-bond donors (Lipinski definition) is 0. The summed E-state index contributed by atoms with van der Waals surface area (Å²) in [6.07, 6.45) is 1.32. The number of nitrogens with zero attached hydrogens (tertiary/aromatic N) is 2. The third-order valence-electron chi connectivity index (χ3n) is 5.40. The molecule has 0 aliphatic carbocycles. The molecule has 5 heteroatoms. The second kappa shape index (κ2) is 7.43.